The minimum atomic E-state index is -0.810. The van der Waals surface area contributed by atoms with Crippen LogP contribution in [0.5, 0.6) is 0 Å². The average molecular weight is 304 g/mol. The third kappa shape index (κ3) is 3.57. The van der Waals surface area contributed by atoms with Gasteiger partial charge in [0, 0.05) is 31.9 Å². The molecule has 6 heteroatoms. The number of nitrogens with one attached hydrogen (secondary N) is 1. The van der Waals surface area contributed by atoms with Crippen molar-refractivity contribution in [3.8, 4) is 0 Å². The molecular weight excluding hydrogens is 286 g/mol. The van der Waals surface area contributed by atoms with Crippen molar-refractivity contribution >= 4 is 5.82 Å². The summed E-state index contributed by atoms with van der Waals surface area (Å²) < 4.78 is 26.1. The number of nitrogens with zero attached hydrogens (tertiary/aromatic N) is 3. The van der Waals surface area contributed by atoms with Gasteiger partial charge in [0.2, 0.25) is 0 Å². The largest absolute Gasteiger partial charge is 0.354 e. The summed E-state index contributed by atoms with van der Waals surface area (Å²) in [5, 5.41) is 11.4. The highest BCUT2D eigenvalue weighted by atomic mass is 19.2. The van der Waals surface area contributed by atoms with Gasteiger partial charge in [0.05, 0.1) is 0 Å². The van der Waals surface area contributed by atoms with Crippen LogP contribution in [0.15, 0.2) is 36.5 Å². The minimum Gasteiger partial charge on any atom is -0.354 e. The Morgan fingerprint density at radius 2 is 2.14 bits per heavy atom. The molecule has 0 spiro atoms. The molecule has 2 aromatic rings. The van der Waals surface area contributed by atoms with E-state index in [-0.39, 0.29) is 0 Å². The van der Waals surface area contributed by atoms with Gasteiger partial charge < -0.3 is 10.2 Å². The number of hydrogen-bond acceptors (Lipinski definition) is 4. The van der Waals surface area contributed by atoms with Gasteiger partial charge in [-0.15, -0.1) is 5.10 Å². The second-order valence-corrected chi connectivity index (χ2v) is 5.50. The summed E-state index contributed by atoms with van der Waals surface area (Å²) in [7, 11) is 0. The molecule has 0 bridgehead atoms. The van der Waals surface area contributed by atoms with Gasteiger partial charge in [-0.3, -0.25) is 0 Å². The van der Waals surface area contributed by atoms with Crippen LogP contribution >= 0.6 is 0 Å². The smallest absolute Gasteiger partial charge is 0.159 e. The maximum absolute atomic E-state index is 13.2. The summed E-state index contributed by atoms with van der Waals surface area (Å²) in [5.41, 5.74) is 0.746. The zero-order chi connectivity index (χ0) is 15.4. The van der Waals surface area contributed by atoms with Crippen molar-refractivity contribution in [1.29, 1.82) is 0 Å². The quantitative estimate of drug-likeness (QED) is 0.942. The van der Waals surface area contributed by atoms with E-state index >= 15 is 0 Å². The lowest BCUT2D eigenvalue weighted by Gasteiger charge is -2.33. The first kappa shape index (κ1) is 14.8. The number of hydrogen-bond donors (Lipinski definition) is 1. The number of aromatic nitrogens is 2. The highest BCUT2D eigenvalue weighted by Gasteiger charge is 2.20. The van der Waals surface area contributed by atoms with Gasteiger partial charge in [-0.1, -0.05) is 6.07 Å². The Bertz CT molecular complexity index is 621. The predicted molar refractivity (Wildman–Crippen MR) is 80.5 cm³/mol. The summed E-state index contributed by atoms with van der Waals surface area (Å²) in [4.78, 5) is 2.19. The molecule has 0 amide bonds. The first-order valence-electron chi connectivity index (χ1n) is 7.42. The molecule has 3 rings (SSSR count). The fraction of sp³-hybridized carbons (Fsp3) is 0.375. The Labute approximate surface area is 128 Å². The average Bonchev–Trinajstić information content (AvgIpc) is 2.57. The van der Waals surface area contributed by atoms with Crippen molar-refractivity contribution in [1.82, 2.24) is 15.5 Å². The molecule has 22 heavy (non-hydrogen) atoms. The maximum Gasteiger partial charge on any atom is 0.159 e. The molecule has 1 aromatic carbocycles. The molecular formula is C16H18F2N4. The molecule has 1 atom stereocenters. The Morgan fingerprint density at radius 1 is 1.23 bits per heavy atom. The fourth-order valence-corrected chi connectivity index (χ4v) is 2.73. The van der Waals surface area contributed by atoms with Gasteiger partial charge in [0.1, 0.15) is 0 Å². The molecule has 1 aliphatic heterocycles. The van der Waals surface area contributed by atoms with Crippen LogP contribution < -0.4 is 10.2 Å². The third-order valence-electron chi connectivity index (χ3n) is 3.88. The first-order chi connectivity index (χ1) is 10.7. The van der Waals surface area contributed by atoms with Crippen LogP contribution in [-0.2, 0) is 6.54 Å². The molecule has 1 N–H and O–H groups in total. The van der Waals surface area contributed by atoms with Crippen LogP contribution in [0.25, 0.3) is 0 Å². The van der Waals surface area contributed by atoms with Crippen molar-refractivity contribution in [3.63, 3.8) is 0 Å². The van der Waals surface area contributed by atoms with E-state index < -0.39 is 11.6 Å². The van der Waals surface area contributed by atoms with E-state index in [0.29, 0.717) is 12.6 Å². The van der Waals surface area contributed by atoms with Gasteiger partial charge in [0.25, 0.3) is 0 Å². The van der Waals surface area contributed by atoms with E-state index in [1.54, 1.807) is 12.3 Å². The topological polar surface area (TPSA) is 41.0 Å². The second kappa shape index (κ2) is 6.79. The second-order valence-electron chi connectivity index (χ2n) is 5.50. The molecule has 1 aromatic heterocycles. The molecule has 1 aliphatic rings. The van der Waals surface area contributed by atoms with Crippen LogP contribution in [0, 0.1) is 11.6 Å². The number of benzene rings is 1. The van der Waals surface area contributed by atoms with Gasteiger partial charge in [-0.2, -0.15) is 5.10 Å². The van der Waals surface area contributed by atoms with Gasteiger partial charge >= 0.3 is 0 Å². The monoisotopic (exact) mass is 304 g/mol. The summed E-state index contributed by atoms with van der Waals surface area (Å²) >= 11 is 0. The summed E-state index contributed by atoms with van der Waals surface area (Å²) in [5.74, 6) is -0.735. The Hall–Kier alpha value is -2.08. The van der Waals surface area contributed by atoms with Crippen LogP contribution in [0.1, 0.15) is 18.4 Å². The lowest BCUT2D eigenvalue weighted by molar-refractivity contribution is 0.418. The van der Waals surface area contributed by atoms with Gasteiger partial charge in [-0.05, 0) is 42.7 Å². The number of rotatable bonds is 4. The van der Waals surface area contributed by atoms with Crippen molar-refractivity contribution in [2.75, 3.05) is 18.0 Å². The molecule has 1 saturated heterocycles. The van der Waals surface area contributed by atoms with E-state index in [2.05, 4.69) is 20.4 Å². The van der Waals surface area contributed by atoms with Crippen molar-refractivity contribution < 1.29 is 8.78 Å². The van der Waals surface area contributed by atoms with Crippen LogP contribution in [0.3, 0.4) is 0 Å². The Balaban J connectivity index is 1.57. The van der Waals surface area contributed by atoms with E-state index in [1.165, 1.54) is 12.1 Å². The molecule has 1 fully saturated rings. The zero-order valence-electron chi connectivity index (χ0n) is 12.2. The number of anilines is 1. The van der Waals surface area contributed by atoms with Gasteiger partial charge in [0.15, 0.2) is 17.5 Å². The number of halogens is 2. The van der Waals surface area contributed by atoms with Crippen molar-refractivity contribution in [2.24, 2.45) is 0 Å². The molecule has 2 heterocycles. The van der Waals surface area contributed by atoms with Crippen molar-refractivity contribution in [2.45, 2.75) is 25.4 Å². The standard InChI is InChI=1S/C16H18F2N4/c17-14-6-5-12(9-15(14)18)10-19-13-3-2-8-22(11-13)16-4-1-7-20-21-16/h1,4-7,9,13,19H,2-3,8,10-11H2/t13-/m1/s1. The van der Waals surface area contributed by atoms with Crippen LogP contribution in [0.4, 0.5) is 14.6 Å². The van der Waals surface area contributed by atoms with Crippen LogP contribution in [0.2, 0.25) is 0 Å². The first-order valence-corrected chi connectivity index (χ1v) is 7.42. The van der Waals surface area contributed by atoms with Crippen LogP contribution in [-0.4, -0.2) is 29.3 Å². The summed E-state index contributed by atoms with van der Waals surface area (Å²) in [6.45, 7) is 2.32. The summed E-state index contributed by atoms with van der Waals surface area (Å²) in [6, 6.07) is 8.13. The molecule has 0 saturated carbocycles. The lowest BCUT2D eigenvalue weighted by atomic mass is 10.1. The van der Waals surface area contributed by atoms with E-state index in [4.69, 9.17) is 0 Å². The predicted octanol–water partition coefficient (Wildman–Crippen LogP) is 2.51. The molecule has 116 valence electrons. The SMILES string of the molecule is Fc1ccc(CN[C@@H]2CCCN(c3cccnn3)C2)cc1F. The van der Waals surface area contributed by atoms with E-state index in [9.17, 15) is 8.78 Å². The highest BCUT2D eigenvalue weighted by molar-refractivity contribution is 5.37. The molecule has 0 aliphatic carbocycles. The Kier molecular flexibility index (Phi) is 4.58. The lowest BCUT2D eigenvalue weighted by Crippen LogP contribution is -2.45. The number of piperidine rings is 1. The highest BCUT2D eigenvalue weighted by Crippen LogP contribution is 2.17. The zero-order valence-corrected chi connectivity index (χ0v) is 12.2. The third-order valence-corrected chi connectivity index (χ3v) is 3.88. The maximum atomic E-state index is 13.2. The fourth-order valence-electron chi connectivity index (χ4n) is 2.73. The van der Waals surface area contributed by atoms with E-state index in [0.717, 1.165) is 37.3 Å². The molecule has 4 nitrogen and oxygen atoms in total. The van der Waals surface area contributed by atoms with E-state index in [1.807, 2.05) is 12.1 Å². The van der Waals surface area contributed by atoms with Crippen molar-refractivity contribution in [3.05, 3.63) is 53.7 Å². The van der Waals surface area contributed by atoms with Gasteiger partial charge in [-0.25, -0.2) is 8.78 Å². The molecule has 0 unspecified atom stereocenters. The minimum absolute atomic E-state index is 0.295. The normalized spacial score (nSPS) is 18.5. The summed E-state index contributed by atoms with van der Waals surface area (Å²) in [6.07, 6.45) is 3.78. The Morgan fingerprint density at radius 3 is 2.91 bits per heavy atom. The molecule has 0 radical (unpaired) electrons.